The molecule has 3 heterocycles. The number of piperidine rings is 1. The first-order chi connectivity index (χ1) is 11.7. The lowest BCUT2D eigenvalue weighted by atomic mass is 9.79. The van der Waals surface area contributed by atoms with Gasteiger partial charge in [0.2, 0.25) is 0 Å². The number of halogens is 1. The smallest absolute Gasteiger partial charge is 0.147 e. The summed E-state index contributed by atoms with van der Waals surface area (Å²) in [6.45, 7) is 4.56. The molecule has 0 bridgehead atoms. The minimum absolute atomic E-state index is 0.0608. The monoisotopic (exact) mass is 349 g/mol. The van der Waals surface area contributed by atoms with Crippen molar-refractivity contribution in [1.82, 2.24) is 9.88 Å². The first-order valence-electron chi connectivity index (χ1n) is 9.43. The van der Waals surface area contributed by atoms with Crippen LogP contribution in [0.5, 0.6) is 0 Å². The van der Waals surface area contributed by atoms with E-state index in [9.17, 15) is 5.11 Å². The summed E-state index contributed by atoms with van der Waals surface area (Å²) in [4.78, 5) is 9.63. The third-order valence-electron chi connectivity index (χ3n) is 6.35. The van der Waals surface area contributed by atoms with Crippen molar-refractivity contribution in [2.45, 2.75) is 57.1 Å². The molecule has 1 aliphatic carbocycles. The highest BCUT2D eigenvalue weighted by molar-refractivity contribution is 6.32. The van der Waals surface area contributed by atoms with Gasteiger partial charge >= 0.3 is 0 Å². The van der Waals surface area contributed by atoms with E-state index in [0.29, 0.717) is 11.5 Å². The van der Waals surface area contributed by atoms with Crippen LogP contribution in [-0.4, -0.2) is 53.3 Å². The van der Waals surface area contributed by atoms with E-state index >= 15 is 0 Å². The van der Waals surface area contributed by atoms with Crippen LogP contribution in [0, 0.1) is 5.41 Å². The molecule has 1 aromatic rings. The van der Waals surface area contributed by atoms with Gasteiger partial charge in [0.15, 0.2) is 0 Å². The van der Waals surface area contributed by atoms with Crippen LogP contribution in [0.25, 0.3) is 0 Å². The Morgan fingerprint density at radius 2 is 1.96 bits per heavy atom. The molecule has 1 aromatic heterocycles. The number of rotatable bonds is 2. The van der Waals surface area contributed by atoms with Crippen molar-refractivity contribution in [1.29, 1.82) is 0 Å². The Morgan fingerprint density at radius 1 is 1.12 bits per heavy atom. The molecule has 1 saturated carbocycles. The molecule has 0 aromatic carbocycles. The molecule has 2 saturated heterocycles. The van der Waals surface area contributed by atoms with Gasteiger partial charge in [0, 0.05) is 37.3 Å². The topological polar surface area (TPSA) is 39.6 Å². The minimum atomic E-state index is -0.0608. The first-order valence-corrected chi connectivity index (χ1v) is 9.81. The van der Waals surface area contributed by atoms with Crippen molar-refractivity contribution in [2.75, 3.05) is 31.1 Å². The molecular weight excluding hydrogens is 322 g/mol. The van der Waals surface area contributed by atoms with Crippen molar-refractivity contribution in [3.05, 3.63) is 23.4 Å². The molecule has 0 unspecified atom stereocenters. The molecule has 24 heavy (non-hydrogen) atoms. The second kappa shape index (κ2) is 6.81. The third-order valence-corrected chi connectivity index (χ3v) is 6.65. The van der Waals surface area contributed by atoms with Gasteiger partial charge in [-0.25, -0.2) is 4.98 Å². The molecule has 0 radical (unpaired) electrons. The van der Waals surface area contributed by atoms with Gasteiger partial charge in [0.25, 0.3) is 0 Å². The van der Waals surface area contributed by atoms with Crippen LogP contribution in [0.2, 0.25) is 5.02 Å². The van der Waals surface area contributed by atoms with E-state index in [2.05, 4.69) is 14.8 Å². The highest BCUT2D eigenvalue weighted by Gasteiger charge is 2.43. The van der Waals surface area contributed by atoms with Gasteiger partial charge < -0.3 is 10.0 Å². The van der Waals surface area contributed by atoms with E-state index in [1.165, 1.54) is 32.4 Å². The molecule has 132 valence electrons. The summed E-state index contributed by atoms with van der Waals surface area (Å²) in [7, 11) is 0. The highest BCUT2D eigenvalue weighted by atomic mass is 35.5. The summed E-state index contributed by atoms with van der Waals surface area (Å²) in [5.41, 5.74) is 0.398. The largest absolute Gasteiger partial charge is 0.393 e. The van der Waals surface area contributed by atoms with Gasteiger partial charge in [0.05, 0.1) is 11.1 Å². The number of aliphatic hydroxyl groups is 1. The molecule has 3 fully saturated rings. The molecule has 3 aliphatic rings. The van der Waals surface area contributed by atoms with Crippen LogP contribution in [0.3, 0.4) is 0 Å². The zero-order valence-corrected chi connectivity index (χ0v) is 15.1. The summed E-state index contributed by atoms with van der Waals surface area (Å²) < 4.78 is 0. The van der Waals surface area contributed by atoms with Crippen LogP contribution in [0.1, 0.15) is 44.9 Å². The molecule has 4 nitrogen and oxygen atoms in total. The number of hydrogen-bond donors (Lipinski definition) is 1. The zero-order valence-electron chi connectivity index (χ0n) is 14.3. The molecule has 1 atom stereocenters. The SMILES string of the molecule is O[C@H]1CC[C@H](N2CC[C@]3(CCCN(c4ncccc4Cl)C3)C2)CC1. The number of anilines is 1. The van der Waals surface area contributed by atoms with Crippen LogP contribution >= 0.6 is 11.6 Å². The predicted molar refractivity (Wildman–Crippen MR) is 97.6 cm³/mol. The standard InChI is InChI=1S/C19H28ClN3O/c20-17-3-1-10-21-18(17)23-11-2-8-19(14-23)9-12-22(13-19)15-4-6-16(24)7-5-15/h1,3,10,15-16,24H,2,4-9,11-14H2/t15-,16-,19-/m1/s1. The van der Waals surface area contributed by atoms with Crippen molar-refractivity contribution in [2.24, 2.45) is 5.41 Å². The number of pyridine rings is 1. The van der Waals surface area contributed by atoms with Crippen molar-refractivity contribution in [3.63, 3.8) is 0 Å². The molecular formula is C19H28ClN3O. The average Bonchev–Trinajstić information content (AvgIpc) is 2.99. The molecule has 1 spiro atoms. The molecule has 0 amide bonds. The Labute approximate surface area is 149 Å². The fourth-order valence-electron chi connectivity index (χ4n) is 5.04. The molecule has 4 rings (SSSR count). The van der Waals surface area contributed by atoms with Gasteiger partial charge in [-0.15, -0.1) is 0 Å². The lowest BCUT2D eigenvalue weighted by molar-refractivity contribution is 0.0770. The quantitative estimate of drug-likeness (QED) is 0.889. The highest BCUT2D eigenvalue weighted by Crippen LogP contribution is 2.42. The minimum Gasteiger partial charge on any atom is -0.393 e. The Hall–Kier alpha value is -0.840. The van der Waals surface area contributed by atoms with Crippen LogP contribution in [0.15, 0.2) is 18.3 Å². The maximum atomic E-state index is 9.75. The summed E-state index contributed by atoms with van der Waals surface area (Å²) >= 11 is 6.38. The van der Waals surface area contributed by atoms with E-state index in [-0.39, 0.29) is 6.10 Å². The second-order valence-corrected chi connectivity index (χ2v) is 8.42. The number of likely N-dealkylation sites (tertiary alicyclic amines) is 1. The summed E-state index contributed by atoms with van der Waals surface area (Å²) in [6, 6.07) is 4.53. The van der Waals surface area contributed by atoms with E-state index in [1.807, 2.05) is 18.3 Å². The lowest BCUT2D eigenvalue weighted by Crippen LogP contribution is -2.46. The van der Waals surface area contributed by atoms with E-state index < -0.39 is 0 Å². The van der Waals surface area contributed by atoms with Crippen LogP contribution < -0.4 is 4.90 Å². The Bertz CT molecular complexity index is 575. The van der Waals surface area contributed by atoms with Gasteiger partial charge in [-0.05, 0) is 63.6 Å². The van der Waals surface area contributed by atoms with Crippen LogP contribution in [0.4, 0.5) is 5.82 Å². The van der Waals surface area contributed by atoms with Gasteiger partial charge in [-0.2, -0.15) is 0 Å². The lowest BCUT2D eigenvalue weighted by Gasteiger charge is -2.42. The maximum Gasteiger partial charge on any atom is 0.147 e. The van der Waals surface area contributed by atoms with Crippen molar-refractivity contribution < 1.29 is 5.11 Å². The van der Waals surface area contributed by atoms with E-state index in [0.717, 1.165) is 49.6 Å². The Balaban J connectivity index is 1.43. The van der Waals surface area contributed by atoms with Crippen molar-refractivity contribution >= 4 is 17.4 Å². The molecule has 2 aliphatic heterocycles. The maximum absolute atomic E-state index is 9.75. The van der Waals surface area contributed by atoms with E-state index in [1.54, 1.807) is 0 Å². The van der Waals surface area contributed by atoms with Gasteiger partial charge in [-0.3, -0.25) is 4.90 Å². The van der Waals surface area contributed by atoms with Crippen molar-refractivity contribution in [3.8, 4) is 0 Å². The number of aliphatic hydroxyl groups excluding tert-OH is 1. The summed E-state index contributed by atoms with van der Waals surface area (Å²) in [5.74, 6) is 0.956. The van der Waals surface area contributed by atoms with Gasteiger partial charge in [-0.1, -0.05) is 11.6 Å². The average molecular weight is 350 g/mol. The number of hydrogen-bond acceptors (Lipinski definition) is 4. The summed E-state index contributed by atoms with van der Waals surface area (Å²) in [6.07, 6.45) is 9.89. The molecule has 5 heteroatoms. The number of nitrogens with zero attached hydrogens (tertiary/aromatic N) is 3. The summed E-state index contributed by atoms with van der Waals surface area (Å²) in [5, 5.41) is 10.5. The van der Waals surface area contributed by atoms with Crippen LogP contribution in [-0.2, 0) is 0 Å². The second-order valence-electron chi connectivity index (χ2n) is 8.02. The number of aromatic nitrogens is 1. The fraction of sp³-hybridized carbons (Fsp3) is 0.737. The first kappa shape index (κ1) is 16.6. The Kier molecular flexibility index (Phi) is 4.72. The van der Waals surface area contributed by atoms with E-state index in [4.69, 9.17) is 11.6 Å². The molecule has 1 N–H and O–H groups in total. The Morgan fingerprint density at radius 3 is 2.75 bits per heavy atom. The van der Waals surface area contributed by atoms with Gasteiger partial charge in [0.1, 0.15) is 5.82 Å². The third kappa shape index (κ3) is 3.29. The predicted octanol–water partition coefficient (Wildman–Crippen LogP) is 3.33. The normalized spacial score (nSPS) is 34.8. The zero-order chi connectivity index (χ0) is 16.6. The fourth-order valence-corrected chi connectivity index (χ4v) is 5.28.